The van der Waals surface area contributed by atoms with Gasteiger partial charge in [0, 0.05) is 11.9 Å². The van der Waals surface area contributed by atoms with Gasteiger partial charge in [0.2, 0.25) is 5.91 Å². The van der Waals surface area contributed by atoms with Crippen molar-refractivity contribution in [2.24, 2.45) is 0 Å². The van der Waals surface area contributed by atoms with Gasteiger partial charge < -0.3 is 25.2 Å². The van der Waals surface area contributed by atoms with Crippen molar-refractivity contribution in [2.45, 2.75) is 32.6 Å². The number of carbonyl (C=O) groups excluding carboxylic acids is 1. The van der Waals surface area contributed by atoms with E-state index in [1.807, 2.05) is 42.5 Å². The van der Waals surface area contributed by atoms with E-state index in [2.05, 4.69) is 25.6 Å². The molecule has 0 bridgehead atoms. The van der Waals surface area contributed by atoms with Crippen LogP contribution in [0.5, 0.6) is 11.5 Å². The third-order valence-electron chi connectivity index (χ3n) is 5.18. The first-order valence-electron chi connectivity index (χ1n) is 11.3. The Morgan fingerprint density at radius 1 is 1.03 bits per heavy atom. The van der Waals surface area contributed by atoms with Crippen LogP contribution in [-0.2, 0) is 11.4 Å². The van der Waals surface area contributed by atoms with E-state index in [4.69, 9.17) is 21.1 Å². The minimum absolute atomic E-state index is 0.194. The van der Waals surface area contributed by atoms with Gasteiger partial charge in [-0.1, -0.05) is 23.7 Å². The van der Waals surface area contributed by atoms with Crippen LogP contribution in [0.25, 0.3) is 10.9 Å². The molecular formula is C26H26ClN5O4. The topological polar surface area (TPSA) is 118 Å². The van der Waals surface area contributed by atoms with Crippen molar-refractivity contribution in [3.05, 3.63) is 77.8 Å². The third-order valence-corrected chi connectivity index (χ3v) is 5.47. The predicted molar refractivity (Wildman–Crippen MR) is 138 cm³/mol. The highest BCUT2D eigenvalue weighted by Crippen LogP contribution is 2.34. The van der Waals surface area contributed by atoms with Crippen molar-refractivity contribution >= 4 is 39.9 Å². The van der Waals surface area contributed by atoms with Crippen LogP contribution in [0.15, 0.2) is 67.1 Å². The number of hydrogen-bond donors (Lipinski definition) is 3. The number of carbonyl (C=O) groups is 1. The summed E-state index contributed by atoms with van der Waals surface area (Å²) in [6.07, 6.45) is 2.09. The van der Waals surface area contributed by atoms with Gasteiger partial charge in [0.25, 0.3) is 0 Å². The maximum Gasteiger partial charge on any atom is 0.248 e. The molecule has 10 heteroatoms. The fraction of sp³-hybridized carbons (Fsp3) is 0.231. The molecular weight excluding hydrogens is 482 g/mol. The van der Waals surface area contributed by atoms with Gasteiger partial charge in [-0.25, -0.2) is 9.97 Å². The minimum Gasteiger partial charge on any atom is -0.491 e. The molecule has 4 aromatic rings. The molecule has 9 nitrogen and oxygen atoms in total. The molecule has 0 aliphatic rings. The second kappa shape index (κ2) is 11.7. The van der Waals surface area contributed by atoms with E-state index in [0.717, 1.165) is 5.69 Å². The van der Waals surface area contributed by atoms with Crippen molar-refractivity contribution in [1.82, 2.24) is 20.3 Å². The summed E-state index contributed by atoms with van der Waals surface area (Å²) in [6, 6.07) is 16.2. The average Bonchev–Trinajstić information content (AvgIpc) is 2.87. The van der Waals surface area contributed by atoms with Gasteiger partial charge in [-0.15, -0.1) is 0 Å². The summed E-state index contributed by atoms with van der Waals surface area (Å²) in [5.74, 6) is 1.17. The molecule has 0 radical (unpaired) electrons. The summed E-state index contributed by atoms with van der Waals surface area (Å²) >= 11 is 6.46. The Morgan fingerprint density at radius 3 is 2.64 bits per heavy atom. The molecule has 0 saturated carbocycles. The molecule has 2 aromatic heterocycles. The van der Waals surface area contributed by atoms with Crippen molar-refractivity contribution < 1.29 is 19.4 Å². The Morgan fingerprint density at radius 2 is 1.89 bits per heavy atom. The summed E-state index contributed by atoms with van der Waals surface area (Å²) in [4.78, 5) is 24.7. The fourth-order valence-electron chi connectivity index (χ4n) is 3.38. The Labute approximate surface area is 213 Å². The van der Waals surface area contributed by atoms with Crippen molar-refractivity contribution in [3.63, 3.8) is 0 Å². The minimum atomic E-state index is -1.09. The first kappa shape index (κ1) is 25.2. The number of amides is 1. The van der Waals surface area contributed by atoms with Crippen LogP contribution >= 0.6 is 11.6 Å². The van der Waals surface area contributed by atoms with Crippen LogP contribution in [0.3, 0.4) is 0 Å². The van der Waals surface area contributed by atoms with E-state index in [-0.39, 0.29) is 12.6 Å². The number of fused-ring (bicyclic) bond motifs is 1. The maximum atomic E-state index is 11.7. The summed E-state index contributed by atoms with van der Waals surface area (Å²) in [7, 11) is 0. The fourth-order valence-corrected chi connectivity index (χ4v) is 3.62. The summed E-state index contributed by atoms with van der Waals surface area (Å²) in [6.45, 7) is 3.70. The van der Waals surface area contributed by atoms with Gasteiger partial charge in [0.05, 0.1) is 27.7 Å². The molecule has 0 fully saturated rings. The second-order valence-corrected chi connectivity index (χ2v) is 8.56. The monoisotopic (exact) mass is 507 g/mol. The van der Waals surface area contributed by atoms with Crippen LogP contribution in [0.1, 0.15) is 19.5 Å². The number of hydrogen-bond acceptors (Lipinski definition) is 8. The maximum absolute atomic E-state index is 11.7. The quantitative estimate of drug-likeness (QED) is 0.291. The van der Waals surface area contributed by atoms with Gasteiger partial charge >= 0.3 is 0 Å². The van der Waals surface area contributed by atoms with Gasteiger partial charge in [0.1, 0.15) is 43.0 Å². The molecule has 4 rings (SSSR count). The first-order valence-corrected chi connectivity index (χ1v) is 11.7. The normalized spacial score (nSPS) is 12.6. The van der Waals surface area contributed by atoms with Crippen LogP contribution < -0.4 is 20.1 Å². The molecule has 36 heavy (non-hydrogen) atoms. The number of nitrogens with one attached hydrogen (secondary N) is 2. The standard InChI is InChI=1S/C26H26ClN5O4/c1-16(31-26(34)17(2)33)13-35-23-8-5-7-21-24(23)25(30-15-29-21)32-18-9-10-22(20(27)12-18)36-14-19-6-3-4-11-28-19/h3-12,15-17,33H,13-14H2,1-2H3,(H,31,34)(H,29,30,32)/t16-,17?/m0/s1. The predicted octanol–water partition coefficient (Wildman–Crippen LogP) is 4.27. The Kier molecular flexibility index (Phi) is 8.14. The first-order chi connectivity index (χ1) is 17.4. The highest BCUT2D eigenvalue weighted by Gasteiger charge is 2.15. The largest absolute Gasteiger partial charge is 0.491 e. The number of benzene rings is 2. The Bertz CT molecular complexity index is 1330. The average molecular weight is 508 g/mol. The van der Waals surface area contributed by atoms with E-state index >= 15 is 0 Å². The number of aromatic nitrogens is 3. The molecule has 3 N–H and O–H groups in total. The molecule has 186 valence electrons. The lowest BCUT2D eigenvalue weighted by molar-refractivity contribution is -0.129. The number of aliphatic hydroxyl groups is 1. The SMILES string of the molecule is CC(O)C(=O)N[C@@H](C)COc1cccc2ncnc(Nc3ccc(OCc4ccccn4)c(Cl)c3)c12. The molecule has 0 aliphatic carbocycles. The Balaban J connectivity index is 1.49. The number of nitrogens with zero attached hydrogens (tertiary/aromatic N) is 3. The zero-order valence-corrected chi connectivity index (χ0v) is 20.6. The zero-order valence-electron chi connectivity index (χ0n) is 19.8. The van der Waals surface area contributed by atoms with E-state index in [1.54, 1.807) is 25.3 Å². The summed E-state index contributed by atoms with van der Waals surface area (Å²) < 4.78 is 11.8. The molecule has 1 unspecified atom stereocenters. The molecule has 0 aliphatic heterocycles. The van der Waals surface area contributed by atoms with Crippen molar-refractivity contribution in [1.29, 1.82) is 0 Å². The highest BCUT2D eigenvalue weighted by molar-refractivity contribution is 6.32. The molecule has 2 heterocycles. The van der Waals surface area contributed by atoms with Crippen LogP contribution in [-0.4, -0.2) is 44.7 Å². The molecule has 1 amide bonds. The van der Waals surface area contributed by atoms with E-state index < -0.39 is 12.0 Å². The van der Waals surface area contributed by atoms with Crippen molar-refractivity contribution in [2.75, 3.05) is 11.9 Å². The number of aliphatic hydroxyl groups excluding tert-OH is 1. The van der Waals surface area contributed by atoms with E-state index in [0.29, 0.717) is 45.5 Å². The van der Waals surface area contributed by atoms with Gasteiger partial charge in [0.15, 0.2) is 0 Å². The highest BCUT2D eigenvalue weighted by atomic mass is 35.5. The lowest BCUT2D eigenvalue weighted by Gasteiger charge is -2.18. The number of pyridine rings is 1. The number of halogens is 1. The zero-order chi connectivity index (χ0) is 25.5. The molecule has 0 spiro atoms. The Hall–Kier alpha value is -3.95. The molecule has 2 aromatic carbocycles. The summed E-state index contributed by atoms with van der Waals surface area (Å²) in [5.41, 5.74) is 2.19. The third kappa shape index (κ3) is 6.38. The molecule has 0 saturated heterocycles. The van der Waals surface area contributed by atoms with Gasteiger partial charge in [-0.05, 0) is 56.3 Å². The second-order valence-electron chi connectivity index (χ2n) is 8.15. The van der Waals surface area contributed by atoms with E-state index in [1.165, 1.54) is 13.3 Å². The summed E-state index contributed by atoms with van der Waals surface area (Å²) in [5, 5.41) is 16.5. The van der Waals surface area contributed by atoms with Crippen LogP contribution in [0, 0.1) is 0 Å². The van der Waals surface area contributed by atoms with Crippen LogP contribution in [0.2, 0.25) is 5.02 Å². The smallest absolute Gasteiger partial charge is 0.248 e. The lowest BCUT2D eigenvalue weighted by Crippen LogP contribution is -2.41. The van der Waals surface area contributed by atoms with Gasteiger partial charge in [-0.2, -0.15) is 0 Å². The lowest BCUT2D eigenvalue weighted by atomic mass is 10.2. The number of rotatable bonds is 10. The van der Waals surface area contributed by atoms with E-state index in [9.17, 15) is 9.90 Å². The number of ether oxygens (including phenoxy) is 2. The van der Waals surface area contributed by atoms with Crippen LogP contribution in [0.4, 0.5) is 11.5 Å². The van der Waals surface area contributed by atoms with Gasteiger partial charge in [-0.3, -0.25) is 9.78 Å². The molecule has 2 atom stereocenters. The van der Waals surface area contributed by atoms with Crippen molar-refractivity contribution in [3.8, 4) is 11.5 Å². The number of anilines is 2.